The summed E-state index contributed by atoms with van der Waals surface area (Å²) in [6.07, 6.45) is 4.87. The molecule has 10 heteroatoms. The summed E-state index contributed by atoms with van der Waals surface area (Å²) >= 11 is 6.18. The second-order valence-electron chi connectivity index (χ2n) is 6.64. The summed E-state index contributed by atoms with van der Waals surface area (Å²) in [6.45, 7) is -2.53. The van der Waals surface area contributed by atoms with Crippen LogP contribution in [-0.2, 0) is 16.1 Å². The highest BCUT2D eigenvalue weighted by Crippen LogP contribution is 2.31. The molecule has 4 rings (SSSR count). The summed E-state index contributed by atoms with van der Waals surface area (Å²) in [5, 5.41) is 4.91. The minimum absolute atomic E-state index is 0.0200. The molecule has 32 heavy (non-hydrogen) atoms. The van der Waals surface area contributed by atoms with Crippen molar-refractivity contribution in [2.75, 3.05) is 7.11 Å². The Hall–Kier alpha value is -3.72. The van der Waals surface area contributed by atoms with Crippen LogP contribution in [0.3, 0.4) is 0 Å². The molecule has 0 saturated carbocycles. The number of hydrogen-bond acceptors (Lipinski definition) is 6. The summed E-state index contributed by atoms with van der Waals surface area (Å²) in [5.74, 6) is -0.713. The van der Waals surface area contributed by atoms with E-state index in [0.29, 0.717) is 22.7 Å². The standard InChI is InChI=1S/C22H16ClF2N3O4/c1-30-19-9-14(6-7-18(19)31-22(24)25)20-27-17(21(29)32-20)8-13-10-26-28(11-13)12-15-4-2-3-5-16(15)23/h2-11,22H,12H2,1H3/b17-8+. The topological polar surface area (TPSA) is 74.9 Å². The number of benzene rings is 2. The molecular formula is C22H16ClF2N3O4. The van der Waals surface area contributed by atoms with Crippen LogP contribution < -0.4 is 9.47 Å². The largest absolute Gasteiger partial charge is 0.493 e. The van der Waals surface area contributed by atoms with Gasteiger partial charge >= 0.3 is 12.6 Å². The molecule has 7 nitrogen and oxygen atoms in total. The van der Waals surface area contributed by atoms with Gasteiger partial charge < -0.3 is 14.2 Å². The summed E-state index contributed by atoms with van der Waals surface area (Å²) in [5.41, 5.74) is 2.00. The lowest BCUT2D eigenvalue weighted by Crippen LogP contribution is -2.07. The van der Waals surface area contributed by atoms with Crippen molar-refractivity contribution in [3.8, 4) is 11.5 Å². The van der Waals surface area contributed by atoms with Crippen LogP contribution in [0.15, 0.2) is 65.5 Å². The van der Waals surface area contributed by atoms with Gasteiger partial charge in [0.25, 0.3) is 0 Å². The predicted octanol–water partition coefficient (Wildman–Crippen LogP) is 4.54. The first-order chi connectivity index (χ1) is 15.4. The Balaban J connectivity index is 1.54. The molecule has 0 amide bonds. The summed E-state index contributed by atoms with van der Waals surface area (Å²) in [7, 11) is 1.31. The van der Waals surface area contributed by atoms with Crippen LogP contribution in [0, 0.1) is 0 Å². The highest BCUT2D eigenvalue weighted by molar-refractivity contribution is 6.31. The van der Waals surface area contributed by atoms with Crippen molar-refractivity contribution in [2.45, 2.75) is 13.2 Å². The number of rotatable bonds is 7. The molecule has 0 bridgehead atoms. The van der Waals surface area contributed by atoms with E-state index in [9.17, 15) is 13.6 Å². The number of methoxy groups -OCH3 is 1. The molecule has 1 aliphatic heterocycles. The van der Waals surface area contributed by atoms with Crippen LogP contribution in [0.25, 0.3) is 6.08 Å². The second-order valence-corrected chi connectivity index (χ2v) is 7.05. The summed E-state index contributed by atoms with van der Waals surface area (Å²) < 4.78 is 41.4. The zero-order chi connectivity index (χ0) is 22.7. The normalized spacial score (nSPS) is 14.6. The van der Waals surface area contributed by atoms with Crippen molar-refractivity contribution in [1.82, 2.24) is 9.78 Å². The van der Waals surface area contributed by atoms with Crippen LogP contribution in [-0.4, -0.2) is 35.4 Å². The molecule has 0 radical (unpaired) electrons. The van der Waals surface area contributed by atoms with Crippen molar-refractivity contribution >= 4 is 29.5 Å². The van der Waals surface area contributed by atoms with Crippen LogP contribution in [0.2, 0.25) is 5.02 Å². The molecule has 3 aromatic rings. The number of aliphatic imine (C=N–C) groups is 1. The van der Waals surface area contributed by atoms with E-state index < -0.39 is 12.6 Å². The number of halogens is 3. The molecule has 1 aliphatic rings. The Kier molecular flexibility index (Phi) is 6.18. The monoisotopic (exact) mass is 459 g/mol. The van der Waals surface area contributed by atoms with Crippen molar-refractivity contribution < 1.29 is 27.8 Å². The quantitative estimate of drug-likeness (QED) is 0.383. The highest BCUT2D eigenvalue weighted by Gasteiger charge is 2.25. The SMILES string of the molecule is COc1cc(C2=N/C(=C/c3cnn(Cc4ccccc4Cl)c3)C(=O)O2)ccc1OC(F)F. The smallest absolute Gasteiger partial charge is 0.387 e. The van der Waals surface area contributed by atoms with Gasteiger partial charge in [0.05, 0.1) is 19.9 Å². The van der Waals surface area contributed by atoms with Crippen LogP contribution in [0.4, 0.5) is 8.78 Å². The number of cyclic esters (lactones) is 1. The number of ether oxygens (including phenoxy) is 3. The number of nitrogens with zero attached hydrogens (tertiary/aromatic N) is 3. The maximum atomic E-state index is 12.5. The van der Waals surface area contributed by atoms with E-state index in [1.165, 1.54) is 31.4 Å². The molecule has 1 aromatic heterocycles. The fraction of sp³-hybridized carbons (Fsp3) is 0.136. The third-order valence-corrected chi connectivity index (χ3v) is 4.86. The molecule has 0 N–H and O–H groups in total. The number of hydrogen-bond donors (Lipinski definition) is 0. The first-order valence-electron chi connectivity index (χ1n) is 9.34. The van der Waals surface area contributed by atoms with Crippen LogP contribution in [0.1, 0.15) is 16.7 Å². The molecule has 0 unspecified atom stereocenters. The molecule has 2 aromatic carbocycles. The highest BCUT2D eigenvalue weighted by atomic mass is 35.5. The van der Waals surface area contributed by atoms with Crippen molar-refractivity contribution in [1.29, 1.82) is 0 Å². The van der Waals surface area contributed by atoms with Gasteiger partial charge in [0.2, 0.25) is 5.90 Å². The summed E-state index contributed by atoms with van der Waals surface area (Å²) in [4.78, 5) is 16.5. The van der Waals surface area contributed by atoms with Gasteiger partial charge in [-0.2, -0.15) is 13.9 Å². The summed E-state index contributed by atoms with van der Waals surface area (Å²) in [6, 6.07) is 11.6. The van der Waals surface area contributed by atoms with E-state index in [1.807, 2.05) is 18.2 Å². The maximum absolute atomic E-state index is 12.5. The Bertz CT molecular complexity index is 1220. The molecular weight excluding hydrogens is 444 g/mol. The van der Waals surface area contributed by atoms with Gasteiger partial charge in [0.15, 0.2) is 17.2 Å². The second kappa shape index (κ2) is 9.19. The van der Waals surface area contributed by atoms with Gasteiger partial charge in [-0.15, -0.1) is 0 Å². The van der Waals surface area contributed by atoms with E-state index in [1.54, 1.807) is 23.1 Å². The average Bonchev–Trinajstić information content (AvgIpc) is 3.36. The first kappa shape index (κ1) is 21.5. The van der Waals surface area contributed by atoms with Gasteiger partial charge in [-0.1, -0.05) is 29.8 Å². The van der Waals surface area contributed by atoms with Crippen molar-refractivity contribution in [3.63, 3.8) is 0 Å². The zero-order valence-corrected chi connectivity index (χ0v) is 17.4. The maximum Gasteiger partial charge on any atom is 0.387 e. The van der Waals surface area contributed by atoms with Gasteiger partial charge in [0, 0.05) is 22.3 Å². The lowest BCUT2D eigenvalue weighted by molar-refractivity contribution is -0.129. The molecule has 0 fully saturated rings. The number of esters is 1. The van der Waals surface area contributed by atoms with E-state index in [-0.39, 0.29) is 23.1 Å². The van der Waals surface area contributed by atoms with E-state index in [2.05, 4.69) is 14.8 Å². The van der Waals surface area contributed by atoms with Crippen LogP contribution in [0.5, 0.6) is 11.5 Å². The Morgan fingerprint density at radius 2 is 2.03 bits per heavy atom. The number of aromatic nitrogens is 2. The molecule has 0 spiro atoms. The lowest BCUT2D eigenvalue weighted by atomic mass is 10.2. The third-order valence-electron chi connectivity index (χ3n) is 4.49. The fourth-order valence-corrected chi connectivity index (χ4v) is 3.22. The zero-order valence-electron chi connectivity index (χ0n) is 16.7. The van der Waals surface area contributed by atoms with Gasteiger partial charge in [0.1, 0.15) is 0 Å². The Morgan fingerprint density at radius 3 is 2.78 bits per heavy atom. The van der Waals surface area contributed by atoms with Gasteiger partial charge in [-0.3, -0.25) is 4.68 Å². The van der Waals surface area contributed by atoms with Gasteiger partial charge in [-0.25, -0.2) is 9.79 Å². The molecule has 0 saturated heterocycles. The minimum atomic E-state index is -3.00. The van der Waals surface area contributed by atoms with E-state index >= 15 is 0 Å². The molecule has 0 atom stereocenters. The first-order valence-corrected chi connectivity index (χ1v) is 9.72. The number of carbonyl (C=O) groups is 1. The van der Waals surface area contributed by atoms with Crippen molar-refractivity contribution in [2.24, 2.45) is 4.99 Å². The van der Waals surface area contributed by atoms with E-state index in [0.717, 1.165) is 5.56 Å². The third kappa shape index (κ3) is 4.78. The lowest BCUT2D eigenvalue weighted by Gasteiger charge is -2.10. The fourth-order valence-electron chi connectivity index (χ4n) is 3.03. The average molecular weight is 460 g/mol. The van der Waals surface area contributed by atoms with E-state index in [4.69, 9.17) is 21.1 Å². The Labute approximate surface area is 186 Å². The Morgan fingerprint density at radius 1 is 1.22 bits per heavy atom. The predicted molar refractivity (Wildman–Crippen MR) is 113 cm³/mol. The number of alkyl halides is 2. The van der Waals surface area contributed by atoms with Gasteiger partial charge in [-0.05, 0) is 35.9 Å². The minimum Gasteiger partial charge on any atom is -0.493 e. The molecule has 0 aliphatic carbocycles. The van der Waals surface area contributed by atoms with Crippen LogP contribution >= 0.6 is 11.6 Å². The molecule has 2 heterocycles. The molecule has 164 valence electrons. The van der Waals surface area contributed by atoms with Crippen molar-refractivity contribution in [3.05, 3.63) is 82.3 Å². The number of carbonyl (C=O) groups excluding carboxylic acids is 1.